The Morgan fingerprint density at radius 2 is 2.00 bits per heavy atom. The number of benzene rings is 1. The Labute approximate surface area is 127 Å². The number of aryl methyl sites for hydroxylation is 1. The summed E-state index contributed by atoms with van der Waals surface area (Å²) in [7, 11) is -3.43. The molecule has 21 heavy (non-hydrogen) atoms. The summed E-state index contributed by atoms with van der Waals surface area (Å²) in [4.78, 5) is 0. The van der Waals surface area contributed by atoms with Gasteiger partial charge in [-0.2, -0.15) is 12.7 Å². The van der Waals surface area contributed by atoms with Crippen LogP contribution < -0.4 is 10.0 Å². The number of hydrogen-bond donors (Lipinski definition) is 2. The standard InChI is InChI=1S/C15H25N3O2S/c1-3-16-12-14-7-9-18(10-8-14)21(19,20)17-15-6-4-5-13(2)11-15/h4-6,11,14,16-17H,3,7-10,12H2,1-2H3. The van der Waals surface area contributed by atoms with E-state index in [9.17, 15) is 8.42 Å². The fourth-order valence-electron chi connectivity index (χ4n) is 2.62. The van der Waals surface area contributed by atoms with E-state index in [1.165, 1.54) is 0 Å². The molecule has 0 amide bonds. The number of hydrogen-bond acceptors (Lipinski definition) is 3. The summed E-state index contributed by atoms with van der Waals surface area (Å²) in [6.07, 6.45) is 1.84. The predicted octanol–water partition coefficient (Wildman–Crippen LogP) is 1.97. The molecule has 118 valence electrons. The van der Waals surface area contributed by atoms with Crippen molar-refractivity contribution in [3.63, 3.8) is 0 Å². The second-order valence-electron chi connectivity index (χ2n) is 5.63. The molecule has 0 bridgehead atoms. The van der Waals surface area contributed by atoms with Crippen molar-refractivity contribution in [3.05, 3.63) is 29.8 Å². The monoisotopic (exact) mass is 311 g/mol. The van der Waals surface area contributed by atoms with E-state index in [1.807, 2.05) is 25.1 Å². The number of anilines is 1. The lowest BCUT2D eigenvalue weighted by Crippen LogP contribution is -2.43. The molecule has 0 saturated carbocycles. The number of rotatable bonds is 6. The van der Waals surface area contributed by atoms with Crippen LogP contribution in [-0.4, -0.2) is 38.9 Å². The third kappa shape index (κ3) is 4.69. The summed E-state index contributed by atoms with van der Waals surface area (Å²) in [5, 5.41) is 3.33. The summed E-state index contributed by atoms with van der Waals surface area (Å²) < 4.78 is 29.0. The van der Waals surface area contributed by atoms with E-state index in [0.29, 0.717) is 24.7 Å². The van der Waals surface area contributed by atoms with Crippen LogP contribution in [0.5, 0.6) is 0 Å². The Hall–Kier alpha value is -1.11. The van der Waals surface area contributed by atoms with Gasteiger partial charge in [0.25, 0.3) is 0 Å². The SMILES string of the molecule is CCNCC1CCN(S(=O)(=O)Nc2cccc(C)c2)CC1. The largest absolute Gasteiger partial charge is 0.317 e. The summed E-state index contributed by atoms with van der Waals surface area (Å²) >= 11 is 0. The Balaban J connectivity index is 1.92. The van der Waals surface area contributed by atoms with Crippen molar-refractivity contribution >= 4 is 15.9 Å². The number of nitrogens with zero attached hydrogens (tertiary/aromatic N) is 1. The molecule has 1 fully saturated rings. The van der Waals surface area contributed by atoms with E-state index >= 15 is 0 Å². The van der Waals surface area contributed by atoms with Gasteiger partial charge in [0.05, 0.1) is 5.69 Å². The molecule has 0 aliphatic carbocycles. The lowest BCUT2D eigenvalue weighted by atomic mass is 9.98. The Morgan fingerprint density at radius 1 is 1.29 bits per heavy atom. The Kier molecular flexibility index (Phi) is 5.61. The van der Waals surface area contributed by atoms with E-state index in [2.05, 4.69) is 17.0 Å². The minimum Gasteiger partial charge on any atom is -0.317 e. The minimum atomic E-state index is -3.43. The average Bonchev–Trinajstić information content (AvgIpc) is 2.45. The van der Waals surface area contributed by atoms with Crippen LogP contribution in [0.1, 0.15) is 25.3 Å². The third-order valence-corrected chi connectivity index (χ3v) is 5.40. The zero-order valence-corrected chi connectivity index (χ0v) is 13.6. The first-order valence-corrected chi connectivity index (χ1v) is 9.00. The van der Waals surface area contributed by atoms with Crippen LogP contribution in [0.2, 0.25) is 0 Å². The van der Waals surface area contributed by atoms with E-state index < -0.39 is 10.2 Å². The van der Waals surface area contributed by atoms with Crippen LogP contribution in [0.25, 0.3) is 0 Å². The van der Waals surface area contributed by atoms with Gasteiger partial charge in [-0.25, -0.2) is 0 Å². The quantitative estimate of drug-likeness (QED) is 0.844. The van der Waals surface area contributed by atoms with Gasteiger partial charge in [-0.1, -0.05) is 19.1 Å². The fraction of sp³-hybridized carbons (Fsp3) is 0.600. The smallest absolute Gasteiger partial charge is 0.301 e. The molecule has 1 heterocycles. The molecule has 0 radical (unpaired) electrons. The van der Waals surface area contributed by atoms with Crippen molar-refractivity contribution in [1.82, 2.24) is 9.62 Å². The van der Waals surface area contributed by atoms with Crippen molar-refractivity contribution in [2.24, 2.45) is 5.92 Å². The molecular formula is C15H25N3O2S. The molecule has 0 atom stereocenters. The normalized spacial score (nSPS) is 17.8. The molecule has 1 aliphatic rings. The maximum Gasteiger partial charge on any atom is 0.301 e. The molecule has 1 aromatic carbocycles. The highest BCUT2D eigenvalue weighted by Gasteiger charge is 2.27. The average molecular weight is 311 g/mol. The van der Waals surface area contributed by atoms with E-state index in [1.54, 1.807) is 10.4 Å². The van der Waals surface area contributed by atoms with Crippen LogP contribution in [0.4, 0.5) is 5.69 Å². The first kappa shape index (κ1) is 16.3. The summed E-state index contributed by atoms with van der Waals surface area (Å²) in [6.45, 7) is 7.17. The Morgan fingerprint density at radius 3 is 2.62 bits per heavy atom. The van der Waals surface area contributed by atoms with E-state index in [0.717, 1.165) is 31.5 Å². The van der Waals surface area contributed by atoms with E-state index in [4.69, 9.17) is 0 Å². The first-order chi connectivity index (χ1) is 10.0. The molecule has 0 unspecified atom stereocenters. The van der Waals surface area contributed by atoms with Gasteiger partial charge in [0.1, 0.15) is 0 Å². The zero-order valence-electron chi connectivity index (χ0n) is 12.8. The van der Waals surface area contributed by atoms with Crippen molar-refractivity contribution in [2.45, 2.75) is 26.7 Å². The minimum absolute atomic E-state index is 0.579. The molecule has 2 rings (SSSR count). The summed E-state index contributed by atoms with van der Waals surface area (Å²) in [5.74, 6) is 0.579. The van der Waals surface area contributed by atoms with Crippen molar-refractivity contribution in [2.75, 3.05) is 30.9 Å². The van der Waals surface area contributed by atoms with Gasteiger partial charge in [0.15, 0.2) is 0 Å². The maximum absolute atomic E-state index is 12.4. The molecule has 1 aliphatic heterocycles. The van der Waals surface area contributed by atoms with Crippen LogP contribution >= 0.6 is 0 Å². The molecule has 0 aromatic heterocycles. The lowest BCUT2D eigenvalue weighted by molar-refractivity contribution is 0.269. The van der Waals surface area contributed by atoms with Gasteiger partial charge < -0.3 is 5.32 Å². The third-order valence-electron chi connectivity index (χ3n) is 3.86. The van der Waals surface area contributed by atoms with Crippen molar-refractivity contribution in [3.8, 4) is 0 Å². The maximum atomic E-state index is 12.4. The molecule has 1 saturated heterocycles. The van der Waals surface area contributed by atoms with Crippen molar-refractivity contribution in [1.29, 1.82) is 0 Å². The van der Waals surface area contributed by atoms with Gasteiger partial charge in [-0.15, -0.1) is 0 Å². The van der Waals surface area contributed by atoms with Gasteiger partial charge in [-0.3, -0.25) is 4.72 Å². The summed E-state index contributed by atoms with van der Waals surface area (Å²) in [6, 6.07) is 7.43. The van der Waals surface area contributed by atoms with Gasteiger partial charge in [-0.05, 0) is 56.5 Å². The van der Waals surface area contributed by atoms with E-state index in [-0.39, 0.29) is 0 Å². The molecule has 0 spiro atoms. The van der Waals surface area contributed by atoms with Crippen LogP contribution in [0.15, 0.2) is 24.3 Å². The van der Waals surface area contributed by atoms with Crippen LogP contribution in [-0.2, 0) is 10.2 Å². The van der Waals surface area contributed by atoms with Gasteiger partial charge >= 0.3 is 10.2 Å². The zero-order chi connectivity index (χ0) is 15.3. The van der Waals surface area contributed by atoms with Crippen molar-refractivity contribution < 1.29 is 8.42 Å². The highest BCUT2D eigenvalue weighted by Crippen LogP contribution is 2.20. The van der Waals surface area contributed by atoms with Gasteiger partial charge in [0, 0.05) is 13.1 Å². The molecule has 5 nitrogen and oxygen atoms in total. The number of piperidine rings is 1. The van der Waals surface area contributed by atoms with Crippen LogP contribution in [0, 0.1) is 12.8 Å². The predicted molar refractivity (Wildman–Crippen MR) is 86.6 cm³/mol. The Bertz CT molecular complexity index is 552. The van der Waals surface area contributed by atoms with Crippen LogP contribution in [0.3, 0.4) is 0 Å². The molecule has 2 N–H and O–H groups in total. The second kappa shape index (κ2) is 7.24. The highest BCUT2D eigenvalue weighted by atomic mass is 32.2. The number of nitrogens with one attached hydrogen (secondary N) is 2. The first-order valence-electron chi connectivity index (χ1n) is 7.56. The fourth-order valence-corrected chi connectivity index (χ4v) is 3.87. The molecular weight excluding hydrogens is 286 g/mol. The topological polar surface area (TPSA) is 61.4 Å². The molecule has 1 aromatic rings. The highest BCUT2D eigenvalue weighted by molar-refractivity contribution is 7.90. The lowest BCUT2D eigenvalue weighted by Gasteiger charge is -2.31. The second-order valence-corrected chi connectivity index (χ2v) is 7.30. The molecule has 6 heteroatoms. The van der Waals surface area contributed by atoms with Gasteiger partial charge in [0.2, 0.25) is 0 Å². The summed E-state index contributed by atoms with van der Waals surface area (Å²) in [5.41, 5.74) is 1.67.